The zero-order valence-corrected chi connectivity index (χ0v) is 18.1. The lowest BCUT2D eigenvalue weighted by molar-refractivity contribution is 0.0115. The zero-order valence-electron chi connectivity index (χ0n) is 18.1. The number of hydrogen-bond donors (Lipinski definition) is 1. The minimum absolute atomic E-state index is 0.671. The van der Waals surface area contributed by atoms with Gasteiger partial charge >= 0.3 is 0 Å². The first-order valence-corrected chi connectivity index (χ1v) is 11.4. The number of ether oxygens (including phenoxy) is 2. The fraction of sp³-hybridized carbons (Fsp3) is 0.565. The number of morpholine rings is 2. The van der Waals surface area contributed by atoms with Gasteiger partial charge in [0.25, 0.3) is 0 Å². The standard InChI is InChI=1S/C23H32N6O2/c1-3-20(27-9-13-30-14-10-27)4-2-19(1)26-22-17-23(25-18-24-22)29-7-5-21(6-8-29)28-11-15-31-16-12-28/h1-4,17-18,21H,5-16H2,(H,24,25,26). The van der Waals surface area contributed by atoms with E-state index in [4.69, 9.17) is 9.47 Å². The number of nitrogens with zero attached hydrogens (tertiary/aromatic N) is 5. The maximum absolute atomic E-state index is 5.50. The molecule has 3 aliphatic heterocycles. The van der Waals surface area contributed by atoms with Crippen molar-refractivity contribution in [2.24, 2.45) is 0 Å². The molecule has 4 heterocycles. The van der Waals surface area contributed by atoms with Crippen LogP contribution in [-0.4, -0.2) is 86.6 Å². The van der Waals surface area contributed by atoms with Crippen molar-refractivity contribution in [2.45, 2.75) is 18.9 Å². The third kappa shape index (κ3) is 5.08. The van der Waals surface area contributed by atoms with Gasteiger partial charge < -0.3 is 24.6 Å². The maximum Gasteiger partial charge on any atom is 0.135 e. The summed E-state index contributed by atoms with van der Waals surface area (Å²) in [6.07, 6.45) is 4.01. The topological polar surface area (TPSA) is 66.0 Å². The molecule has 1 aromatic carbocycles. The number of hydrogen-bond acceptors (Lipinski definition) is 8. The minimum Gasteiger partial charge on any atom is -0.379 e. The van der Waals surface area contributed by atoms with Crippen LogP contribution in [0.2, 0.25) is 0 Å². The molecule has 31 heavy (non-hydrogen) atoms. The number of aromatic nitrogens is 2. The van der Waals surface area contributed by atoms with E-state index in [0.717, 1.165) is 83.0 Å². The fourth-order valence-electron chi connectivity index (χ4n) is 4.72. The molecule has 3 aliphatic rings. The molecular formula is C23H32N6O2. The molecule has 0 atom stereocenters. The van der Waals surface area contributed by atoms with Gasteiger partial charge in [-0.1, -0.05) is 0 Å². The third-order valence-corrected chi connectivity index (χ3v) is 6.52. The van der Waals surface area contributed by atoms with E-state index in [0.29, 0.717) is 6.04 Å². The lowest BCUT2D eigenvalue weighted by Crippen LogP contribution is -2.49. The molecule has 0 amide bonds. The van der Waals surface area contributed by atoms with Crippen LogP contribution in [0, 0.1) is 0 Å². The Hall–Kier alpha value is -2.42. The Morgan fingerprint density at radius 1 is 0.774 bits per heavy atom. The van der Waals surface area contributed by atoms with Crippen molar-refractivity contribution in [2.75, 3.05) is 80.8 Å². The second-order valence-electron chi connectivity index (χ2n) is 8.40. The van der Waals surface area contributed by atoms with Gasteiger partial charge in [0.05, 0.1) is 26.4 Å². The van der Waals surface area contributed by atoms with E-state index in [9.17, 15) is 0 Å². The highest BCUT2D eigenvalue weighted by molar-refractivity contribution is 5.62. The van der Waals surface area contributed by atoms with E-state index < -0.39 is 0 Å². The quantitative estimate of drug-likeness (QED) is 0.785. The normalized spacial score (nSPS) is 21.3. The summed E-state index contributed by atoms with van der Waals surface area (Å²) in [5.41, 5.74) is 2.27. The second-order valence-corrected chi connectivity index (χ2v) is 8.40. The van der Waals surface area contributed by atoms with Gasteiger partial charge in [-0.3, -0.25) is 4.90 Å². The summed E-state index contributed by atoms with van der Waals surface area (Å²) in [5.74, 6) is 1.84. The predicted octanol–water partition coefficient (Wildman–Crippen LogP) is 2.36. The molecule has 1 N–H and O–H groups in total. The molecule has 166 valence electrons. The largest absolute Gasteiger partial charge is 0.379 e. The molecule has 1 aromatic heterocycles. The summed E-state index contributed by atoms with van der Waals surface area (Å²) in [5, 5.41) is 3.43. The van der Waals surface area contributed by atoms with Gasteiger partial charge in [0.15, 0.2) is 0 Å². The van der Waals surface area contributed by atoms with E-state index in [1.54, 1.807) is 6.33 Å². The second kappa shape index (κ2) is 9.80. The number of anilines is 4. The highest BCUT2D eigenvalue weighted by atomic mass is 16.5. The van der Waals surface area contributed by atoms with Gasteiger partial charge in [0.1, 0.15) is 18.0 Å². The SMILES string of the molecule is c1nc(Nc2ccc(N3CCOCC3)cc2)cc(N2CCC(N3CCOCC3)CC2)n1. The minimum atomic E-state index is 0.671. The van der Waals surface area contributed by atoms with Gasteiger partial charge in [-0.2, -0.15) is 0 Å². The smallest absolute Gasteiger partial charge is 0.135 e. The maximum atomic E-state index is 5.50. The summed E-state index contributed by atoms with van der Waals surface area (Å²) in [6, 6.07) is 11.3. The molecule has 0 saturated carbocycles. The van der Waals surface area contributed by atoms with E-state index in [1.165, 1.54) is 18.5 Å². The van der Waals surface area contributed by atoms with Crippen LogP contribution in [0.5, 0.6) is 0 Å². The average Bonchev–Trinajstić information content (AvgIpc) is 2.86. The lowest BCUT2D eigenvalue weighted by Gasteiger charge is -2.40. The molecule has 0 radical (unpaired) electrons. The van der Waals surface area contributed by atoms with Gasteiger partial charge in [-0.05, 0) is 37.1 Å². The summed E-state index contributed by atoms with van der Waals surface area (Å²) < 4.78 is 10.9. The molecular weight excluding hydrogens is 392 g/mol. The van der Waals surface area contributed by atoms with Gasteiger partial charge in [-0.25, -0.2) is 9.97 Å². The van der Waals surface area contributed by atoms with Gasteiger partial charge in [0, 0.05) is 62.8 Å². The predicted molar refractivity (Wildman–Crippen MR) is 122 cm³/mol. The molecule has 8 nitrogen and oxygen atoms in total. The van der Waals surface area contributed by atoms with Crippen molar-refractivity contribution in [1.29, 1.82) is 0 Å². The Morgan fingerprint density at radius 2 is 1.45 bits per heavy atom. The Morgan fingerprint density at radius 3 is 2.16 bits per heavy atom. The molecule has 0 aliphatic carbocycles. The van der Waals surface area contributed by atoms with Crippen LogP contribution in [0.1, 0.15) is 12.8 Å². The number of rotatable bonds is 5. The average molecular weight is 425 g/mol. The van der Waals surface area contributed by atoms with Crippen LogP contribution in [0.15, 0.2) is 36.7 Å². The molecule has 5 rings (SSSR count). The fourth-order valence-corrected chi connectivity index (χ4v) is 4.72. The van der Waals surface area contributed by atoms with E-state index in [2.05, 4.69) is 60.3 Å². The van der Waals surface area contributed by atoms with Gasteiger partial charge in [-0.15, -0.1) is 0 Å². The van der Waals surface area contributed by atoms with Crippen LogP contribution in [0.4, 0.5) is 23.0 Å². The Balaban J connectivity index is 1.18. The third-order valence-electron chi connectivity index (χ3n) is 6.52. The highest BCUT2D eigenvalue weighted by Crippen LogP contribution is 2.25. The number of nitrogens with one attached hydrogen (secondary N) is 1. The van der Waals surface area contributed by atoms with E-state index >= 15 is 0 Å². The van der Waals surface area contributed by atoms with Crippen molar-refractivity contribution < 1.29 is 9.47 Å². The molecule has 2 aromatic rings. The molecule has 3 fully saturated rings. The monoisotopic (exact) mass is 424 g/mol. The first-order chi connectivity index (χ1) is 15.3. The zero-order chi connectivity index (χ0) is 20.9. The van der Waals surface area contributed by atoms with E-state index in [1.807, 2.05) is 0 Å². The molecule has 8 heteroatoms. The van der Waals surface area contributed by atoms with Crippen LogP contribution < -0.4 is 15.1 Å². The van der Waals surface area contributed by atoms with Crippen LogP contribution in [-0.2, 0) is 9.47 Å². The van der Waals surface area contributed by atoms with Gasteiger partial charge in [0.2, 0.25) is 0 Å². The highest BCUT2D eigenvalue weighted by Gasteiger charge is 2.26. The summed E-state index contributed by atoms with van der Waals surface area (Å²) >= 11 is 0. The Labute approximate surface area is 184 Å². The molecule has 3 saturated heterocycles. The first kappa shape index (κ1) is 20.5. The summed E-state index contributed by atoms with van der Waals surface area (Å²) in [6.45, 7) is 9.44. The number of benzene rings is 1. The molecule has 0 bridgehead atoms. The Kier molecular flexibility index (Phi) is 6.48. The lowest BCUT2D eigenvalue weighted by atomic mass is 10.0. The van der Waals surface area contributed by atoms with Crippen LogP contribution in [0.3, 0.4) is 0 Å². The van der Waals surface area contributed by atoms with Crippen molar-refractivity contribution in [3.05, 3.63) is 36.7 Å². The van der Waals surface area contributed by atoms with E-state index in [-0.39, 0.29) is 0 Å². The summed E-state index contributed by atoms with van der Waals surface area (Å²) in [7, 11) is 0. The molecule has 0 spiro atoms. The van der Waals surface area contributed by atoms with Crippen molar-refractivity contribution in [3.63, 3.8) is 0 Å². The Bertz CT molecular complexity index is 828. The number of piperidine rings is 1. The van der Waals surface area contributed by atoms with Crippen LogP contribution >= 0.6 is 0 Å². The summed E-state index contributed by atoms with van der Waals surface area (Å²) in [4.78, 5) is 16.3. The first-order valence-electron chi connectivity index (χ1n) is 11.4. The van der Waals surface area contributed by atoms with Crippen molar-refractivity contribution in [1.82, 2.24) is 14.9 Å². The van der Waals surface area contributed by atoms with Crippen LogP contribution in [0.25, 0.3) is 0 Å². The molecule has 0 unspecified atom stereocenters. The van der Waals surface area contributed by atoms with Crippen molar-refractivity contribution >= 4 is 23.0 Å². The van der Waals surface area contributed by atoms with Crippen molar-refractivity contribution in [3.8, 4) is 0 Å².